The van der Waals surface area contributed by atoms with Gasteiger partial charge < -0.3 is 9.26 Å². The van der Waals surface area contributed by atoms with Crippen molar-refractivity contribution in [2.45, 2.75) is 37.1 Å². The quantitative estimate of drug-likeness (QED) is 0.830. The van der Waals surface area contributed by atoms with Gasteiger partial charge in [-0.15, -0.1) is 0 Å². The molecule has 0 unspecified atom stereocenters. The van der Waals surface area contributed by atoms with Crippen LogP contribution in [0, 0.1) is 13.8 Å². The van der Waals surface area contributed by atoms with Gasteiger partial charge in [-0.25, -0.2) is 13.1 Å². The monoisotopic (exact) mass is 352 g/mol. The molecule has 1 saturated heterocycles. The van der Waals surface area contributed by atoms with Crippen molar-refractivity contribution in [3.05, 3.63) is 11.5 Å². The van der Waals surface area contributed by atoms with Crippen molar-refractivity contribution in [2.75, 3.05) is 18.5 Å². The number of rotatable bonds is 4. The Balaban J connectivity index is 2.30. The molecule has 1 fully saturated rings. The number of nitrogens with one attached hydrogen (secondary N) is 1. The predicted molar refractivity (Wildman–Crippen MR) is 72.9 cm³/mol. The Labute approximate surface area is 121 Å². The van der Waals surface area contributed by atoms with Crippen LogP contribution in [0.25, 0.3) is 0 Å². The van der Waals surface area contributed by atoms with E-state index in [1.165, 1.54) is 0 Å². The fourth-order valence-corrected chi connectivity index (χ4v) is 4.90. The molecular formula is C11H17BrN2O4S. The van der Waals surface area contributed by atoms with E-state index in [0.717, 1.165) is 0 Å². The van der Waals surface area contributed by atoms with Crippen LogP contribution in [0.5, 0.6) is 0 Å². The lowest BCUT2D eigenvalue weighted by Crippen LogP contribution is -2.53. The minimum atomic E-state index is -3.64. The van der Waals surface area contributed by atoms with Gasteiger partial charge in [0.15, 0.2) is 5.76 Å². The highest BCUT2D eigenvalue weighted by Crippen LogP contribution is 2.27. The third-order valence-electron chi connectivity index (χ3n) is 3.29. The molecule has 0 aliphatic carbocycles. The van der Waals surface area contributed by atoms with Crippen LogP contribution in [0.15, 0.2) is 9.42 Å². The maximum Gasteiger partial charge on any atom is 0.246 e. The second kappa shape index (κ2) is 5.51. The van der Waals surface area contributed by atoms with Crippen LogP contribution >= 0.6 is 15.9 Å². The molecule has 8 heteroatoms. The molecule has 2 heterocycles. The summed E-state index contributed by atoms with van der Waals surface area (Å²) in [4.78, 5) is 0.138. The summed E-state index contributed by atoms with van der Waals surface area (Å²) < 4.78 is 38.0. The Bertz CT molecular complexity index is 530. The average Bonchev–Trinajstić information content (AvgIpc) is 2.70. The van der Waals surface area contributed by atoms with Crippen molar-refractivity contribution in [3.8, 4) is 0 Å². The number of sulfonamides is 1. The SMILES string of the molecule is Cc1noc(C)c1S(=O)(=O)NC1(CBr)CCOCC1. The largest absolute Gasteiger partial charge is 0.381 e. The molecule has 1 aromatic rings. The Hall–Kier alpha value is -0.440. The minimum absolute atomic E-state index is 0.138. The Morgan fingerprint density at radius 1 is 1.37 bits per heavy atom. The number of aryl methyl sites for hydroxylation is 2. The molecule has 108 valence electrons. The van der Waals surface area contributed by atoms with Crippen LogP contribution in [0.2, 0.25) is 0 Å². The maximum atomic E-state index is 12.5. The molecule has 0 atom stereocenters. The van der Waals surface area contributed by atoms with Crippen LogP contribution in [0.4, 0.5) is 0 Å². The van der Waals surface area contributed by atoms with E-state index < -0.39 is 15.6 Å². The van der Waals surface area contributed by atoms with E-state index in [0.29, 0.717) is 42.8 Å². The van der Waals surface area contributed by atoms with Gasteiger partial charge in [-0.2, -0.15) is 0 Å². The van der Waals surface area contributed by atoms with Gasteiger partial charge in [0.2, 0.25) is 10.0 Å². The highest BCUT2D eigenvalue weighted by atomic mass is 79.9. The van der Waals surface area contributed by atoms with Gasteiger partial charge in [-0.05, 0) is 26.7 Å². The molecule has 1 aliphatic rings. The van der Waals surface area contributed by atoms with Gasteiger partial charge in [0, 0.05) is 24.1 Å². The summed E-state index contributed by atoms with van der Waals surface area (Å²) in [6.45, 7) is 4.32. The average molecular weight is 353 g/mol. The normalized spacial score (nSPS) is 19.5. The van der Waals surface area contributed by atoms with E-state index in [4.69, 9.17) is 9.26 Å². The van der Waals surface area contributed by atoms with Gasteiger partial charge in [0.05, 0.1) is 0 Å². The lowest BCUT2D eigenvalue weighted by atomic mass is 9.94. The fraction of sp³-hybridized carbons (Fsp3) is 0.727. The van der Waals surface area contributed by atoms with Gasteiger partial charge >= 0.3 is 0 Å². The lowest BCUT2D eigenvalue weighted by molar-refractivity contribution is 0.0557. The number of ether oxygens (including phenoxy) is 1. The van der Waals surface area contributed by atoms with Gasteiger partial charge in [-0.1, -0.05) is 21.1 Å². The predicted octanol–water partition coefficient (Wildman–Crippen LogP) is 1.51. The number of alkyl halides is 1. The zero-order chi connectivity index (χ0) is 14.1. The van der Waals surface area contributed by atoms with E-state index in [9.17, 15) is 8.42 Å². The van der Waals surface area contributed by atoms with E-state index in [1.807, 2.05) is 0 Å². The number of aromatic nitrogens is 1. The number of hydrogen-bond donors (Lipinski definition) is 1. The van der Waals surface area contributed by atoms with Crippen LogP contribution in [-0.2, 0) is 14.8 Å². The molecule has 1 aliphatic heterocycles. The van der Waals surface area contributed by atoms with Crippen LogP contribution in [0.3, 0.4) is 0 Å². The molecule has 2 rings (SSSR count). The minimum Gasteiger partial charge on any atom is -0.381 e. The second-order valence-corrected chi connectivity index (χ2v) is 6.97. The van der Waals surface area contributed by atoms with E-state index in [-0.39, 0.29) is 4.90 Å². The van der Waals surface area contributed by atoms with Crippen molar-refractivity contribution in [3.63, 3.8) is 0 Å². The summed E-state index contributed by atoms with van der Waals surface area (Å²) in [6, 6.07) is 0. The third kappa shape index (κ3) is 3.01. The van der Waals surface area contributed by atoms with Crippen molar-refractivity contribution in [1.29, 1.82) is 0 Å². The Morgan fingerprint density at radius 3 is 2.47 bits per heavy atom. The number of hydrogen-bond acceptors (Lipinski definition) is 5. The molecule has 0 bridgehead atoms. The summed E-state index contributed by atoms with van der Waals surface area (Å²) in [5.74, 6) is 0.307. The van der Waals surface area contributed by atoms with Gasteiger partial charge in [-0.3, -0.25) is 0 Å². The lowest BCUT2D eigenvalue weighted by Gasteiger charge is -2.35. The van der Waals surface area contributed by atoms with Crippen LogP contribution in [0.1, 0.15) is 24.3 Å². The van der Waals surface area contributed by atoms with Gasteiger partial charge in [0.25, 0.3) is 0 Å². The summed E-state index contributed by atoms with van der Waals surface area (Å²) >= 11 is 3.40. The van der Waals surface area contributed by atoms with Crippen molar-refractivity contribution >= 4 is 26.0 Å². The summed E-state index contributed by atoms with van der Waals surface area (Å²) in [5, 5.41) is 4.24. The molecule has 1 N–H and O–H groups in total. The molecule has 0 spiro atoms. The van der Waals surface area contributed by atoms with Crippen LogP contribution < -0.4 is 4.72 Å². The zero-order valence-electron chi connectivity index (χ0n) is 10.9. The van der Waals surface area contributed by atoms with E-state index in [1.54, 1.807) is 13.8 Å². The molecule has 0 aromatic carbocycles. The molecule has 6 nitrogen and oxygen atoms in total. The molecular weight excluding hydrogens is 336 g/mol. The highest BCUT2D eigenvalue weighted by Gasteiger charge is 2.38. The first-order valence-corrected chi connectivity index (χ1v) is 8.61. The molecule has 0 saturated carbocycles. The van der Waals surface area contributed by atoms with Gasteiger partial charge in [0.1, 0.15) is 10.6 Å². The Morgan fingerprint density at radius 2 is 2.00 bits per heavy atom. The standard InChI is InChI=1S/C11H17BrN2O4S/c1-8-10(9(2)18-13-8)19(15,16)14-11(7-12)3-5-17-6-4-11/h14H,3-7H2,1-2H3. The molecule has 0 amide bonds. The summed E-state index contributed by atoms with van der Waals surface area (Å²) in [6.07, 6.45) is 1.28. The highest BCUT2D eigenvalue weighted by molar-refractivity contribution is 9.09. The summed E-state index contributed by atoms with van der Waals surface area (Å²) in [7, 11) is -3.64. The van der Waals surface area contributed by atoms with Crippen molar-refractivity contribution in [1.82, 2.24) is 9.88 Å². The number of halogens is 1. The first kappa shape index (κ1) is 15.0. The topological polar surface area (TPSA) is 81.4 Å². The second-order valence-electron chi connectivity index (χ2n) is 4.79. The molecule has 19 heavy (non-hydrogen) atoms. The van der Waals surface area contributed by atoms with E-state index >= 15 is 0 Å². The van der Waals surface area contributed by atoms with Crippen molar-refractivity contribution < 1.29 is 17.7 Å². The Kier molecular flexibility index (Phi) is 4.34. The smallest absolute Gasteiger partial charge is 0.246 e. The first-order valence-electron chi connectivity index (χ1n) is 6.01. The first-order chi connectivity index (χ1) is 8.90. The maximum absolute atomic E-state index is 12.5. The summed E-state index contributed by atoms with van der Waals surface area (Å²) in [5.41, 5.74) is -0.130. The molecule has 0 radical (unpaired) electrons. The van der Waals surface area contributed by atoms with E-state index in [2.05, 4.69) is 25.8 Å². The number of nitrogens with zero attached hydrogens (tertiary/aromatic N) is 1. The third-order valence-corrected chi connectivity index (χ3v) is 6.19. The van der Waals surface area contributed by atoms with Crippen molar-refractivity contribution in [2.24, 2.45) is 0 Å². The molecule has 1 aromatic heterocycles. The zero-order valence-corrected chi connectivity index (χ0v) is 13.3. The van der Waals surface area contributed by atoms with Crippen LogP contribution in [-0.4, -0.2) is 37.7 Å². The fourth-order valence-electron chi connectivity index (χ4n) is 2.22.